The number of hydrogen-bond donors (Lipinski definition) is 1. The van der Waals surface area contributed by atoms with Crippen molar-refractivity contribution in [3.8, 4) is 5.75 Å². The number of nitrogens with two attached hydrogens (primary N) is 1. The molecule has 2 rings (SSSR count). The van der Waals surface area contributed by atoms with Crippen LogP contribution in [0.5, 0.6) is 5.75 Å². The van der Waals surface area contributed by atoms with Gasteiger partial charge in [0.2, 0.25) is 0 Å². The molecule has 1 aromatic carbocycles. The maximum absolute atomic E-state index is 13.9. The maximum atomic E-state index is 13.9. The second-order valence-corrected chi connectivity index (χ2v) is 4.88. The zero-order valence-corrected chi connectivity index (χ0v) is 10.7. The van der Waals surface area contributed by atoms with Crippen LogP contribution in [0.3, 0.4) is 0 Å². The third kappa shape index (κ3) is 3.68. The molecule has 1 atom stereocenters. The molecule has 1 aliphatic rings. The minimum absolute atomic E-state index is 0.0339. The van der Waals surface area contributed by atoms with Crippen LogP contribution in [0, 0.1) is 5.82 Å². The summed E-state index contributed by atoms with van der Waals surface area (Å²) in [4.78, 5) is 0. The first-order valence-corrected chi connectivity index (χ1v) is 6.43. The number of hydrogen-bond acceptors (Lipinski definition) is 3. The summed E-state index contributed by atoms with van der Waals surface area (Å²) in [5, 5.41) is 0. The van der Waals surface area contributed by atoms with Crippen molar-refractivity contribution in [2.45, 2.75) is 38.3 Å². The molecule has 2 N–H and O–H groups in total. The van der Waals surface area contributed by atoms with E-state index in [1.165, 1.54) is 6.07 Å². The van der Waals surface area contributed by atoms with E-state index in [-0.39, 0.29) is 18.0 Å². The smallest absolute Gasteiger partial charge is 0.165 e. The van der Waals surface area contributed by atoms with Gasteiger partial charge in [-0.2, -0.15) is 0 Å². The second-order valence-electron chi connectivity index (χ2n) is 4.88. The first-order valence-electron chi connectivity index (χ1n) is 6.43. The molecule has 0 saturated carbocycles. The molecule has 1 saturated heterocycles. The van der Waals surface area contributed by atoms with Crippen molar-refractivity contribution >= 4 is 0 Å². The highest BCUT2D eigenvalue weighted by atomic mass is 19.1. The molecule has 1 unspecified atom stereocenters. The van der Waals surface area contributed by atoms with Crippen LogP contribution in [-0.4, -0.2) is 25.4 Å². The summed E-state index contributed by atoms with van der Waals surface area (Å²) >= 11 is 0. The van der Waals surface area contributed by atoms with Crippen LogP contribution in [0.1, 0.15) is 25.3 Å². The predicted molar refractivity (Wildman–Crippen MR) is 68.2 cm³/mol. The van der Waals surface area contributed by atoms with Crippen molar-refractivity contribution < 1.29 is 13.9 Å². The van der Waals surface area contributed by atoms with Gasteiger partial charge < -0.3 is 15.2 Å². The van der Waals surface area contributed by atoms with Gasteiger partial charge in [-0.1, -0.05) is 6.07 Å². The Balaban J connectivity index is 2.00. The Labute approximate surface area is 107 Å². The first kappa shape index (κ1) is 13.3. The molecule has 1 aromatic rings. The molecule has 0 amide bonds. The molecular formula is C14H20FNO2. The topological polar surface area (TPSA) is 44.5 Å². The van der Waals surface area contributed by atoms with E-state index >= 15 is 0 Å². The summed E-state index contributed by atoms with van der Waals surface area (Å²) in [5.41, 5.74) is 6.60. The summed E-state index contributed by atoms with van der Waals surface area (Å²) in [6.07, 6.45) is 2.38. The zero-order valence-electron chi connectivity index (χ0n) is 10.7. The third-order valence-electron chi connectivity index (χ3n) is 3.02. The van der Waals surface area contributed by atoms with E-state index in [0.717, 1.165) is 18.4 Å². The second kappa shape index (κ2) is 6.16. The lowest BCUT2D eigenvalue weighted by atomic mass is 10.1. The number of ether oxygens (including phenoxy) is 2. The van der Waals surface area contributed by atoms with Crippen molar-refractivity contribution in [2.24, 2.45) is 5.73 Å². The monoisotopic (exact) mass is 253 g/mol. The predicted octanol–water partition coefficient (Wildman–Crippen LogP) is 2.27. The molecule has 0 bridgehead atoms. The molecular weight excluding hydrogens is 233 g/mol. The molecule has 1 heterocycles. The van der Waals surface area contributed by atoms with E-state index in [1.807, 2.05) is 13.0 Å². The Morgan fingerprint density at radius 1 is 1.44 bits per heavy atom. The van der Waals surface area contributed by atoms with Gasteiger partial charge in [-0.3, -0.25) is 0 Å². The summed E-state index contributed by atoms with van der Waals surface area (Å²) < 4.78 is 24.8. The van der Waals surface area contributed by atoms with Crippen LogP contribution in [0.4, 0.5) is 4.39 Å². The molecule has 0 spiro atoms. The molecule has 0 aromatic heterocycles. The van der Waals surface area contributed by atoms with Crippen LogP contribution in [-0.2, 0) is 11.2 Å². The first-order chi connectivity index (χ1) is 8.65. The molecule has 1 aliphatic heterocycles. The van der Waals surface area contributed by atoms with E-state index in [4.69, 9.17) is 15.2 Å². The highest BCUT2D eigenvalue weighted by molar-refractivity contribution is 5.30. The number of rotatable bonds is 4. The van der Waals surface area contributed by atoms with Crippen molar-refractivity contribution in [2.75, 3.05) is 13.2 Å². The largest absolute Gasteiger partial charge is 0.487 e. The molecule has 1 fully saturated rings. The van der Waals surface area contributed by atoms with Crippen molar-refractivity contribution in [1.82, 2.24) is 0 Å². The quantitative estimate of drug-likeness (QED) is 0.895. The minimum atomic E-state index is -0.306. The van der Waals surface area contributed by atoms with E-state index in [0.29, 0.717) is 25.4 Å². The molecule has 0 aliphatic carbocycles. The summed E-state index contributed by atoms with van der Waals surface area (Å²) in [6, 6.07) is 5.12. The normalized spacial score (nSPS) is 18.6. The standard InChI is InChI=1S/C14H20FNO2/c1-10(16)8-11-2-3-14(13(15)9-11)18-12-4-6-17-7-5-12/h2-3,9-10,12H,4-8,16H2,1H3. The van der Waals surface area contributed by atoms with Crippen LogP contribution in [0.15, 0.2) is 18.2 Å². The van der Waals surface area contributed by atoms with Gasteiger partial charge >= 0.3 is 0 Å². The average Bonchev–Trinajstić information content (AvgIpc) is 2.33. The van der Waals surface area contributed by atoms with E-state index in [2.05, 4.69) is 0 Å². The number of halogens is 1. The zero-order chi connectivity index (χ0) is 13.0. The molecule has 4 heteroatoms. The van der Waals surface area contributed by atoms with Crippen molar-refractivity contribution in [1.29, 1.82) is 0 Å². The lowest BCUT2D eigenvalue weighted by Gasteiger charge is -2.23. The Morgan fingerprint density at radius 2 is 2.17 bits per heavy atom. The van der Waals surface area contributed by atoms with Gasteiger partial charge in [-0.15, -0.1) is 0 Å². The molecule has 0 radical (unpaired) electrons. The Bertz CT molecular complexity index is 389. The van der Waals surface area contributed by atoms with Gasteiger partial charge in [-0.05, 0) is 31.0 Å². The highest BCUT2D eigenvalue weighted by Crippen LogP contribution is 2.23. The van der Waals surface area contributed by atoms with Gasteiger partial charge in [0.25, 0.3) is 0 Å². The van der Waals surface area contributed by atoms with Crippen molar-refractivity contribution in [3.63, 3.8) is 0 Å². The van der Waals surface area contributed by atoms with Crippen molar-refractivity contribution in [3.05, 3.63) is 29.6 Å². The van der Waals surface area contributed by atoms with Gasteiger partial charge in [0.05, 0.1) is 13.2 Å². The molecule has 3 nitrogen and oxygen atoms in total. The minimum Gasteiger partial charge on any atom is -0.487 e. The highest BCUT2D eigenvalue weighted by Gasteiger charge is 2.17. The van der Waals surface area contributed by atoms with Crippen LogP contribution < -0.4 is 10.5 Å². The molecule has 100 valence electrons. The average molecular weight is 253 g/mol. The van der Waals surface area contributed by atoms with Crippen LogP contribution in [0.25, 0.3) is 0 Å². The Kier molecular flexibility index (Phi) is 4.55. The number of benzene rings is 1. The lowest BCUT2D eigenvalue weighted by molar-refractivity contribution is 0.0240. The fourth-order valence-corrected chi connectivity index (χ4v) is 2.11. The molecule has 18 heavy (non-hydrogen) atoms. The van der Waals surface area contributed by atoms with Crippen LogP contribution in [0.2, 0.25) is 0 Å². The summed E-state index contributed by atoms with van der Waals surface area (Å²) in [6.45, 7) is 3.29. The van der Waals surface area contributed by atoms with Gasteiger partial charge in [-0.25, -0.2) is 4.39 Å². The SMILES string of the molecule is CC(N)Cc1ccc(OC2CCOCC2)c(F)c1. The Morgan fingerprint density at radius 3 is 2.78 bits per heavy atom. The fourth-order valence-electron chi connectivity index (χ4n) is 2.11. The third-order valence-corrected chi connectivity index (χ3v) is 3.02. The van der Waals surface area contributed by atoms with Gasteiger partial charge in [0, 0.05) is 18.9 Å². The van der Waals surface area contributed by atoms with E-state index in [9.17, 15) is 4.39 Å². The van der Waals surface area contributed by atoms with E-state index < -0.39 is 0 Å². The summed E-state index contributed by atoms with van der Waals surface area (Å²) in [5.74, 6) is 0.0231. The van der Waals surface area contributed by atoms with E-state index in [1.54, 1.807) is 6.07 Å². The summed E-state index contributed by atoms with van der Waals surface area (Å²) in [7, 11) is 0. The Hall–Kier alpha value is -1.13. The van der Waals surface area contributed by atoms with Gasteiger partial charge in [0.15, 0.2) is 11.6 Å². The fraction of sp³-hybridized carbons (Fsp3) is 0.571. The van der Waals surface area contributed by atoms with Gasteiger partial charge in [0.1, 0.15) is 6.10 Å². The maximum Gasteiger partial charge on any atom is 0.165 e. The van der Waals surface area contributed by atoms with Crippen LogP contribution >= 0.6 is 0 Å². The lowest BCUT2D eigenvalue weighted by Crippen LogP contribution is -2.26.